The van der Waals surface area contributed by atoms with Crippen LogP contribution in [0.25, 0.3) is 0 Å². The van der Waals surface area contributed by atoms with E-state index in [0.29, 0.717) is 11.8 Å². The predicted octanol–water partition coefficient (Wildman–Crippen LogP) is 4.67. The molecule has 2 rings (SSSR count). The predicted molar refractivity (Wildman–Crippen MR) is 74.2 cm³/mol. The highest BCUT2D eigenvalue weighted by Crippen LogP contribution is 2.28. The third-order valence-corrected chi connectivity index (χ3v) is 3.33. The van der Waals surface area contributed by atoms with Crippen LogP contribution < -0.4 is 0 Å². The molecular weight excluding hydrogens is 204 g/mol. The Hall–Kier alpha value is -1.56. The minimum absolute atomic E-state index is 0.610. The topological polar surface area (TPSA) is 0 Å². The second-order valence-corrected chi connectivity index (χ2v) is 4.95. The molecule has 0 heterocycles. The number of rotatable bonds is 4. The molecule has 0 N–H and O–H groups in total. The molecule has 88 valence electrons. The highest BCUT2D eigenvalue weighted by atomic mass is 14.2. The molecule has 0 radical (unpaired) electrons. The van der Waals surface area contributed by atoms with Gasteiger partial charge in [0.15, 0.2) is 0 Å². The lowest BCUT2D eigenvalue weighted by molar-refractivity contribution is 0.495. The molecule has 17 heavy (non-hydrogen) atoms. The molecule has 2 aromatic rings. The van der Waals surface area contributed by atoms with Crippen LogP contribution in [0.15, 0.2) is 60.7 Å². The van der Waals surface area contributed by atoms with Gasteiger partial charge in [0, 0.05) is 0 Å². The van der Waals surface area contributed by atoms with Crippen molar-refractivity contribution >= 4 is 0 Å². The van der Waals surface area contributed by atoms with Crippen molar-refractivity contribution in [2.75, 3.05) is 0 Å². The van der Waals surface area contributed by atoms with E-state index >= 15 is 0 Å². The Morgan fingerprint density at radius 3 is 1.82 bits per heavy atom. The first-order valence-electron chi connectivity index (χ1n) is 6.36. The third-order valence-electron chi connectivity index (χ3n) is 3.33. The van der Waals surface area contributed by atoms with Crippen molar-refractivity contribution in [1.82, 2.24) is 0 Å². The van der Waals surface area contributed by atoms with Crippen molar-refractivity contribution in [3.05, 3.63) is 71.8 Å². The monoisotopic (exact) mass is 224 g/mol. The van der Waals surface area contributed by atoms with E-state index < -0.39 is 0 Å². The smallest absolute Gasteiger partial charge is 0.00984 e. The number of benzene rings is 2. The largest absolute Gasteiger partial charge is 0.0622 e. The quantitative estimate of drug-likeness (QED) is 0.708. The first kappa shape index (κ1) is 11.9. The summed E-state index contributed by atoms with van der Waals surface area (Å²) in [5.41, 5.74) is 2.88. The van der Waals surface area contributed by atoms with E-state index in [4.69, 9.17) is 0 Å². The normalized spacial score (nSPS) is 12.6. The number of hydrogen-bond donors (Lipinski definition) is 0. The summed E-state index contributed by atoms with van der Waals surface area (Å²) in [5, 5.41) is 0. The van der Waals surface area contributed by atoms with Gasteiger partial charge in [0.05, 0.1) is 0 Å². The van der Waals surface area contributed by atoms with Crippen molar-refractivity contribution in [3.8, 4) is 0 Å². The minimum atomic E-state index is 0.610. The van der Waals surface area contributed by atoms with Crippen molar-refractivity contribution < 1.29 is 0 Å². The van der Waals surface area contributed by atoms with Crippen LogP contribution in [-0.2, 0) is 6.42 Å². The summed E-state index contributed by atoms with van der Waals surface area (Å²) >= 11 is 0. The Morgan fingerprint density at radius 1 is 0.765 bits per heavy atom. The molecule has 1 unspecified atom stereocenters. The lowest BCUT2D eigenvalue weighted by atomic mass is 9.83. The van der Waals surface area contributed by atoms with Gasteiger partial charge in [-0.2, -0.15) is 0 Å². The summed E-state index contributed by atoms with van der Waals surface area (Å²) in [7, 11) is 0. The molecule has 0 aliphatic rings. The number of hydrogen-bond acceptors (Lipinski definition) is 0. The molecule has 0 heteroatoms. The second-order valence-electron chi connectivity index (χ2n) is 4.95. The van der Waals surface area contributed by atoms with Gasteiger partial charge in [0.2, 0.25) is 0 Å². The van der Waals surface area contributed by atoms with Gasteiger partial charge in [-0.25, -0.2) is 0 Å². The van der Waals surface area contributed by atoms with Crippen LogP contribution in [0.3, 0.4) is 0 Å². The summed E-state index contributed by atoms with van der Waals surface area (Å²) in [6, 6.07) is 21.6. The summed E-state index contributed by atoms with van der Waals surface area (Å²) < 4.78 is 0. The Bertz CT molecular complexity index is 428. The van der Waals surface area contributed by atoms with Crippen molar-refractivity contribution in [3.63, 3.8) is 0 Å². The maximum absolute atomic E-state index is 2.31. The molecule has 0 bridgehead atoms. The maximum Gasteiger partial charge on any atom is -0.00984 e. The van der Waals surface area contributed by atoms with Crippen LogP contribution in [0.2, 0.25) is 0 Å². The molecule has 2 aromatic carbocycles. The van der Waals surface area contributed by atoms with Gasteiger partial charge in [-0.15, -0.1) is 0 Å². The zero-order valence-electron chi connectivity index (χ0n) is 10.6. The first-order valence-corrected chi connectivity index (χ1v) is 6.36. The fourth-order valence-corrected chi connectivity index (χ4v) is 2.31. The Morgan fingerprint density at radius 2 is 1.29 bits per heavy atom. The molecule has 0 amide bonds. The van der Waals surface area contributed by atoms with E-state index in [-0.39, 0.29) is 0 Å². The fourth-order valence-electron chi connectivity index (χ4n) is 2.31. The van der Waals surface area contributed by atoms with Crippen LogP contribution in [-0.4, -0.2) is 0 Å². The van der Waals surface area contributed by atoms with Crippen LogP contribution in [0.5, 0.6) is 0 Å². The summed E-state index contributed by atoms with van der Waals surface area (Å²) in [6.07, 6.45) is 1.13. The van der Waals surface area contributed by atoms with E-state index in [1.807, 2.05) is 0 Å². The fraction of sp³-hybridized carbons (Fsp3) is 0.294. The highest BCUT2D eigenvalue weighted by molar-refractivity contribution is 5.24. The summed E-state index contributed by atoms with van der Waals surface area (Å²) in [6.45, 7) is 4.61. The van der Waals surface area contributed by atoms with Crippen molar-refractivity contribution in [1.29, 1.82) is 0 Å². The molecule has 0 fully saturated rings. The molecule has 0 aliphatic carbocycles. The zero-order chi connectivity index (χ0) is 12.1. The lowest BCUT2D eigenvalue weighted by Crippen LogP contribution is -2.09. The second kappa shape index (κ2) is 5.67. The molecule has 0 spiro atoms. The summed E-state index contributed by atoms with van der Waals surface area (Å²) in [4.78, 5) is 0. The van der Waals surface area contributed by atoms with E-state index in [1.165, 1.54) is 11.1 Å². The average Bonchev–Trinajstić information content (AvgIpc) is 2.38. The van der Waals surface area contributed by atoms with E-state index in [9.17, 15) is 0 Å². The molecule has 0 nitrogen and oxygen atoms in total. The molecule has 0 aromatic heterocycles. The van der Waals surface area contributed by atoms with Crippen LogP contribution >= 0.6 is 0 Å². The van der Waals surface area contributed by atoms with Gasteiger partial charge < -0.3 is 0 Å². The highest BCUT2D eigenvalue weighted by Gasteiger charge is 2.15. The molecule has 0 aliphatic heterocycles. The third kappa shape index (κ3) is 3.20. The Labute approximate surface area is 104 Å². The molecule has 1 atom stereocenters. The molecule has 0 saturated carbocycles. The maximum atomic E-state index is 2.31. The van der Waals surface area contributed by atoms with Gasteiger partial charge in [-0.3, -0.25) is 0 Å². The lowest BCUT2D eigenvalue weighted by Gasteiger charge is -2.21. The molecular formula is C17H20. The average molecular weight is 224 g/mol. The SMILES string of the molecule is CC(C)C(Cc1ccccc1)c1ccccc1. The summed E-state index contributed by atoms with van der Waals surface area (Å²) in [5.74, 6) is 1.27. The van der Waals surface area contributed by atoms with Gasteiger partial charge in [-0.1, -0.05) is 74.5 Å². The standard InChI is InChI=1S/C17H20/c1-14(2)17(16-11-7-4-8-12-16)13-15-9-5-3-6-10-15/h3-12,14,17H,13H2,1-2H3. The van der Waals surface area contributed by atoms with Gasteiger partial charge in [0.25, 0.3) is 0 Å². The zero-order valence-corrected chi connectivity index (χ0v) is 10.6. The van der Waals surface area contributed by atoms with Gasteiger partial charge in [-0.05, 0) is 29.4 Å². The Balaban J connectivity index is 2.20. The minimum Gasteiger partial charge on any atom is -0.0622 e. The molecule has 0 saturated heterocycles. The van der Waals surface area contributed by atoms with Crippen molar-refractivity contribution in [2.24, 2.45) is 5.92 Å². The van der Waals surface area contributed by atoms with Gasteiger partial charge >= 0.3 is 0 Å². The first-order chi connectivity index (χ1) is 8.27. The van der Waals surface area contributed by atoms with E-state index in [2.05, 4.69) is 74.5 Å². The van der Waals surface area contributed by atoms with Crippen molar-refractivity contribution in [2.45, 2.75) is 26.2 Å². The van der Waals surface area contributed by atoms with Crippen LogP contribution in [0.1, 0.15) is 30.9 Å². The van der Waals surface area contributed by atoms with E-state index in [1.54, 1.807) is 0 Å². The van der Waals surface area contributed by atoms with Crippen LogP contribution in [0.4, 0.5) is 0 Å². The Kier molecular flexibility index (Phi) is 3.98. The van der Waals surface area contributed by atoms with E-state index in [0.717, 1.165) is 6.42 Å². The van der Waals surface area contributed by atoms with Crippen LogP contribution in [0, 0.1) is 5.92 Å². The van der Waals surface area contributed by atoms with Gasteiger partial charge in [0.1, 0.15) is 0 Å².